The van der Waals surface area contributed by atoms with Crippen molar-refractivity contribution >= 4 is 14.3 Å². The van der Waals surface area contributed by atoms with E-state index < -0.39 is 13.9 Å². The molecular weight excluding hydrogens is 450 g/mol. The Balaban J connectivity index is 2.35. The van der Waals surface area contributed by atoms with Crippen LogP contribution in [0.1, 0.15) is 78.5 Å². The highest BCUT2D eigenvalue weighted by molar-refractivity contribution is 6.74. The van der Waals surface area contributed by atoms with Crippen LogP contribution in [0.4, 0.5) is 0 Å². The van der Waals surface area contributed by atoms with Crippen molar-refractivity contribution in [1.82, 2.24) is 4.90 Å². The Morgan fingerprint density at radius 1 is 0.914 bits per heavy atom. The number of benzene rings is 2. The molecule has 35 heavy (non-hydrogen) atoms. The summed E-state index contributed by atoms with van der Waals surface area (Å²) in [6.07, 6.45) is 1.11. The molecule has 0 unspecified atom stereocenters. The van der Waals surface area contributed by atoms with Gasteiger partial charge in [-0.1, -0.05) is 81.4 Å². The van der Waals surface area contributed by atoms with E-state index in [9.17, 15) is 4.79 Å². The number of hydrogen-bond acceptors (Lipinski definition) is 4. The number of nitrogens with zero attached hydrogens (tertiary/aromatic N) is 1. The van der Waals surface area contributed by atoms with Crippen LogP contribution in [0.15, 0.2) is 60.7 Å². The zero-order valence-electron chi connectivity index (χ0n) is 23.4. The minimum absolute atomic E-state index is 0.00923. The molecule has 0 amide bonds. The van der Waals surface area contributed by atoms with Crippen LogP contribution in [0, 0.1) is 0 Å². The first-order valence-corrected chi connectivity index (χ1v) is 15.8. The predicted molar refractivity (Wildman–Crippen MR) is 149 cm³/mol. The van der Waals surface area contributed by atoms with Gasteiger partial charge in [0, 0.05) is 25.2 Å². The van der Waals surface area contributed by atoms with Gasteiger partial charge in [-0.05, 0) is 63.4 Å². The first-order chi connectivity index (χ1) is 16.2. The average Bonchev–Trinajstić information content (AvgIpc) is 2.75. The molecule has 2 aromatic rings. The second-order valence-corrected chi connectivity index (χ2v) is 16.9. The predicted octanol–water partition coefficient (Wildman–Crippen LogP) is 7.76. The minimum atomic E-state index is -1.88. The highest BCUT2D eigenvalue weighted by Crippen LogP contribution is 2.37. The van der Waals surface area contributed by atoms with Gasteiger partial charge < -0.3 is 9.16 Å². The monoisotopic (exact) mass is 497 g/mol. The molecule has 2 atom stereocenters. The van der Waals surface area contributed by atoms with Gasteiger partial charge in [0.2, 0.25) is 0 Å². The average molecular weight is 498 g/mol. The molecule has 0 aliphatic rings. The lowest BCUT2D eigenvalue weighted by atomic mass is 10.00. The normalized spacial score (nSPS) is 14.6. The van der Waals surface area contributed by atoms with E-state index in [-0.39, 0.29) is 23.1 Å². The standard InChI is InChI=1S/C30H47NO3Si/c1-24(26-18-14-11-15-19-26)31(23-25-16-12-10-13-17-25)27(22-28(32)34-29(2,3)4)20-21-33-35(8,9)30(5,6)7/h10-19,24,27H,20-23H2,1-9H3/t24-,27-/m0/s1. The van der Waals surface area contributed by atoms with Crippen molar-refractivity contribution in [3.05, 3.63) is 71.8 Å². The quantitative estimate of drug-likeness (QED) is 0.235. The van der Waals surface area contributed by atoms with Crippen LogP contribution in [-0.2, 0) is 20.5 Å². The molecule has 0 N–H and O–H groups in total. The fourth-order valence-electron chi connectivity index (χ4n) is 3.93. The molecule has 5 heteroatoms. The number of hydrogen-bond donors (Lipinski definition) is 0. The molecule has 0 aliphatic carbocycles. The Morgan fingerprint density at radius 2 is 1.46 bits per heavy atom. The van der Waals surface area contributed by atoms with E-state index in [1.165, 1.54) is 11.1 Å². The summed E-state index contributed by atoms with van der Waals surface area (Å²) in [7, 11) is -1.88. The molecule has 0 spiro atoms. The summed E-state index contributed by atoms with van der Waals surface area (Å²) in [6.45, 7) is 20.7. The summed E-state index contributed by atoms with van der Waals surface area (Å²) in [5.41, 5.74) is 1.96. The zero-order chi connectivity index (χ0) is 26.3. The molecule has 2 aromatic carbocycles. The third-order valence-electron chi connectivity index (χ3n) is 7.00. The highest BCUT2D eigenvalue weighted by Gasteiger charge is 2.37. The van der Waals surface area contributed by atoms with Gasteiger partial charge in [-0.15, -0.1) is 0 Å². The van der Waals surface area contributed by atoms with Crippen molar-refractivity contribution in [1.29, 1.82) is 0 Å². The van der Waals surface area contributed by atoms with E-state index in [4.69, 9.17) is 9.16 Å². The first kappa shape index (κ1) is 29.3. The number of ether oxygens (including phenoxy) is 1. The Labute approximate surface area is 215 Å². The molecule has 0 saturated carbocycles. The first-order valence-electron chi connectivity index (χ1n) is 12.9. The molecule has 0 radical (unpaired) electrons. The van der Waals surface area contributed by atoms with Crippen LogP contribution < -0.4 is 0 Å². The van der Waals surface area contributed by atoms with Crippen molar-refractivity contribution < 1.29 is 14.0 Å². The van der Waals surface area contributed by atoms with Crippen molar-refractivity contribution in [2.75, 3.05) is 6.61 Å². The van der Waals surface area contributed by atoms with Crippen LogP contribution in [-0.4, -0.2) is 37.4 Å². The Kier molecular flexibility index (Phi) is 10.3. The second kappa shape index (κ2) is 12.3. The van der Waals surface area contributed by atoms with E-state index in [2.05, 4.69) is 94.2 Å². The maximum Gasteiger partial charge on any atom is 0.307 e. The lowest BCUT2D eigenvalue weighted by Gasteiger charge is -2.39. The van der Waals surface area contributed by atoms with Crippen LogP contribution in [0.25, 0.3) is 0 Å². The third kappa shape index (κ3) is 9.55. The van der Waals surface area contributed by atoms with Crippen LogP contribution in [0.5, 0.6) is 0 Å². The van der Waals surface area contributed by atoms with Crippen molar-refractivity contribution in [2.24, 2.45) is 0 Å². The fraction of sp³-hybridized carbons (Fsp3) is 0.567. The molecule has 2 rings (SSSR count). The number of rotatable bonds is 11. The molecule has 194 valence electrons. The summed E-state index contributed by atoms with van der Waals surface area (Å²) in [4.78, 5) is 15.5. The molecule has 0 heterocycles. The molecule has 4 nitrogen and oxygen atoms in total. The van der Waals surface area contributed by atoms with E-state index in [1.807, 2.05) is 32.9 Å². The van der Waals surface area contributed by atoms with Gasteiger partial charge in [-0.25, -0.2) is 0 Å². The number of esters is 1. The van der Waals surface area contributed by atoms with Gasteiger partial charge in [0.25, 0.3) is 0 Å². The summed E-state index contributed by atoms with van der Waals surface area (Å²) < 4.78 is 12.3. The van der Waals surface area contributed by atoms with Gasteiger partial charge in [0.1, 0.15) is 5.60 Å². The SMILES string of the molecule is C[C@@H](c1ccccc1)N(Cc1ccccc1)[C@@H](CCO[Si](C)(C)C(C)(C)C)CC(=O)OC(C)(C)C. The largest absolute Gasteiger partial charge is 0.460 e. The van der Waals surface area contributed by atoms with Gasteiger partial charge in [-0.3, -0.25) is 9.69 Å². The minimum Gasteiger partial charge on any atom is -0.460 e. The van der Waals surface area contributed by atoms with E-state index in [0.717, 1.165) is 13.0 Å². The van der Waals surface area contributed by atoms with E-state index in [0.29, 0.717) is 13.0 Å². The fourth-order valence-corrected chi connectivity index (χ4v) is 4.99. The zero-order valence-corrected chi connectivity index (χ0v) is 24.4. The van der Waals surface area contributed by atoms with Crippen molar-refractivity contribution in [2.45, 2.75) is 104 Å². The molecular formula is C30H47NO3Si. The summed E-state index contributed by atoms with van der Waals surface area (Å²) in [5, 5.41) is 0.148. The van der Waals surface area contributed by atoms with Crippen LogP contribution in [0.3, 0.4) is 0 Å². The highest BCUT2D eigenvalue weighted by atomic mass is 28.4. The molecule has 0 saturated heterocycles. The van der Waals surface area contributed by atoms with Gasteiger partial charge in [0.15, 0.2) is 8.32 Å². The Bertz CT molecular complexity index is 901. The molecule has 0 aliphatic heterocycles. The van der Waals surface area contributed by atoms with E-state index >= 15 is 0 Å². The Hall–Kier alpha value is -1.95. The lowest BCUT2D eigenvalue weighted by molar-refractivity contribution is -0.156. The van der Waals surface area contributed by atoms with Gasteiger partial charge in [-0.2, -0.15) is 0 Å². The number of carbonyl (C=O) groups is 1. The summed E-state index contributed by atoms with van der Waals surface area (Å²) in [6, 6.07) is 21.2. The Morgan fingerprint density at radius 3 is 1.97 bits per heavy atom. The number of carbonyl (C=O) groups excluding carboxylic acids is 1. The summed E-state index contributed by atoms with van der Waals surface area (Å²) in [5.74, 6) is -0.159. The van der Waals surface area contributed by atoms with E-state index in [1.54, 1.807) is 0 Å². The van der Waals surface area contributed by atoms with Crippen LogP contribution >= 0.6 is 0 Å². The topological polar surface area (TPSA) is 38.8 Å². The van der Waals surface area contributed by atoms with Crippen molar-refractivity contribution in [3.8, 4) is 0 Å². The maximum atomic E-state index is 13.0. The second-order valence-electron chi connectivity index (χ2n) is 12.1. The lowest BCUT2D eigenvalue weighted by Crippen LogP contribution is -2.44. The molecule has 0 bridgehead atoms. The molecule has 0 aromatic heterocycles. The van der Waals surface area contributed by atoms with Gasteiger partial charge in [0.05, 0.1) is 6.42 Å². The van der Waals surface area contributed by atoms with Crippen LogP contribution in [0.2, 0.25) is 18.1 Å². The van der Waals surface area contributed by atoms with Crippen molar-refractivity contribution in [3.63, 3.8) is 0 Å². The van der Waals surface area contributed by atoms with Gasteiger partial charge >= 0.3 is 5.97 Å². The molecule has 0 fully saturated rings. The maximum absolute atomic E-state index is 13.0. The smallest absolute Gasteiger partial charge is 0.307 e. The summed E-state index contributed by atoms with van der Waals surface area (Å²) >= 11 is 0. The third-order valence-corrected chi connectivity index (χ3v) is 11.5.